The van der Waals surface area contributed by atoms with Crippen molar-refractivity contribution >= 4 is 50.0 Å². The molecule has 1 heterocycles. The van der Waals surface area contributed by atoms with Gasteiger partial charge >= 0.3 is 0 Å². The van der Waals surface area contributed by atoms with Crippen LogP contribution < -0.4 is 15.8 Å². The van der Waals surface area contributed by atoms with Crippen molar-refractivity contribution in [2.75, 3.05) is 11.9 Å². The van der Waals surface area contributed by atoms with Gasteiger partial charge in [0.2, 0.25) is 15.9 Å². The van der Waals surface area contributed by atoms with Gasteiger partial charge in [-0.05, 0) is 47.0 Å². The molecule has 1 aromatic rings. The minimum Gasteiger partial charge on any atom is -0.329 e. The molecule has 0 saturated carbocycles. The van der Waals surface area contributed by atoms with Crippen molar-refractivity contribution in [2.24, 2.45) is 5.73 Å². The number of rotatable bonds is 4. The van der Waals surface area contributed by atoms with Crippen LogP contribution in [0.5, 0.6) is 0 Å². The molecule has 0 saturated heterocycles. The number of hydrogen-bond donors (Lipinski definition) is 3. The number of nitrogens with one attached hydrogen (secondary N) is 2. The number of benzene rings is 1. The topological polar surface area (TPSA) is 101 Å². The fraction of sp³-hybridized carbons (Fsp3) is 0.417. The van der Waals surface area contributed by atoms with E-state index in [-0.39, 0.29) is 35.8 Å². The van der Waals surface area contributed by atoms with E-state index in [0.29, 0.717) is 23.0 Å². The summed E-state index contributed by atoms with van der Waals surface area (Å²) in [6.07, 6.45) is 1.01. The molecule has 0 unspecified atom stereocenters. The number of halogens is 2. The zero-order valence-electron chi connectivity index (χ0n) is 11.3. The van der Waals surface area contributed by atoms with Crippen LogP contribution in [0.1, 0.15) is 18.9 Å². The van der Waals surface area contributed by atoms with Gasteiger partial charge in [-0.25, -0.2) is 13.1 Å². The maximum atomic E-state index is 12.3. The fourth-order valence-electron chi connectivity index (χ4n) is 1.96. The maximum absolute atomic E-state index is 12.3. The molecule has 9 heteroatoms. The average Bonchev–Trinajstić information content (AvgIpc) is 2.37. The number of nitrogens with two attached hydrogens (primary N) is 1. The Morgan fingerprint density at radius 1 is 1.43 bits per heavy atom. The predicted octanol–water partition coefficient (Wildman–Crippen LogP) is 1.38. The Labute approximate surface area is 138 Å². The first-order chi connectivity index (χ1) is 9.33. The molecule has 0 aliphatic carbocycles. The smallest absolute Gasteiger partial charge is 0.242 e. The zero-order chi connectivity index (χ0) is 14.9. The van der Waals surface area contributed by atoms with E-state index in [1.165, 1.54) is 6.07 Å². The molecular weight excluding hydrogens is 382 g/mol. The van der Waals surface area contributed by atoms with Gasteiger partial charge in [-0.3, -0.25) is 4.79 Å². The summed E-state index contributed by atoms with van der Waals surface area (Å²) in [5.41, 5.74) is 6.89. The van der Waals surface area contributed by atoms with E-state index in [4.69, 9.17) is 5.73 Å². The first-order valence-corrected chi connectivity index (χ1v) is 8.46. The molecule has 0 radical (unpaired) electrons. The van der Waals surface area contributed by atoms with Crippen LogP contribution in [0.4, 0.5) is 5.69 Å². The third kappa shape index (κ3) is 4.17. The first-order valence-electron chi connectivity index (χ1n) is 6.18. The molecule has 0 fully saturated rings. The summed E-state index contributed by atoms with van der Waals surface area (Å²) in [6, 6.07) is 2.84. The monoisotopic (exact) mass is 397 g/mol. The van der Waals surface area contributed by atoms with Crippen molar-refractivity contribution < 1.29 is 13.2 Å². The average molecular weight is 399 g/mol. The molecule has 2 rings (SSSR count). The van der Waals surface area contributed by atoms with Gasteiger partial charge in [0.1, 0.15) is 0 Å². The van der Waals surface area contributed by atoms with Crippen LogP contribution in [0.3, 0.4) is 0 Å². The number of fused-ring (bicyclic) bond motifs is 1. The number of aryl methyl sites for hydroxylation is 1. The molecular formula is C12H17BrClN3O3S. The van der Waals surface area contributed by atoms with Crippen molar-refractivity contribution in [3.05, 3.63) is 22.2 Å². The van der Waals surface area contributed by atoms with Gasteiger partial charge in [-0.2, -0.15) is 0 Å². The SMILES string of the molecule is C[C@@H](CN)NS(=O)(=O)c1cc2c(cc1Br)CCC(=O)N2.Cl. The van der Waals surface area contributed by atoms with Crippen LogP contribution in [-0.2, 0) is 21.2 Å². The number of carbonyl (C=O) groups excluding carboxylic acids is 1. The number of sulfonamides is 1. The van der Waals surface area contributed by atoms with E-state index < -0.39 is 10.0 Å². The maximum Gasteiger partial charge on any atom is 0.242 e. The molecule has 1 amide bonds. The molecule has 6 nitrogen and oxygen atoms in total. The summed E-state index contributed by atoms with van der Waals surface area (Å²) in [7, 11) is -3.68. The third-order valence-electron chi connectivity index (χ3n) is 3.05. The van der Waals surface area contributed by atoms with Crippen LogP contribution in [0.15, 0.2) is 21.5 Å². The summed E-state index contributed by atoms with van der Waals surface area (Å²) in [6.45, 7) is 1.89. The van der Waals surface area contributed by atoms with E-state index in [1.54, 1.807) is 13.0 Å². The summed E-state index contributed by atoms with van der Waals surface area (Å²) in [5.74, 6) is -0.105. The van der Waals surface area contributed by atoms with Gasteiger partial charge in [0.05, 0.1) is 4.90 Å². The second-order valence-electron chi connectivity index (χ2n) is 4.75. The van der Waals surface area contributed by atoms with Crippen molar-refractivity contribution in [1.29, 1.82) is 0 Å². The molecule has 1 atom stereocenters. The Balaban J connectivity index is 0.00000220. The zero-order valence-corrected chi connectivity index (χ0v) is 14.6. The van der Waals surface area contributed by atoms with Gasteiger partial charge in [0.15, 0.2) is 0 Å². The summed E-state index contributed by atoms with van der Waals surface area (Å²) in [4.78, 5) is 11.5. The van der Waals surface area contributed by atoms with Gasteiger partial charge in [0, 0.05) is 29.2 Å². The van der Waals surface area contributed by atoms with Crippen LogP contribution in [-0.4, -0.2) is 26.9 Å². The molecule has 1 aliphatic heterocycles. The highest BCUT2D eigenvalue weighted by Gasteiger charge is 2.24. The second kappa shape index (κ2) is 7.06. The van der Waals surface area contributed by atoms with Crippen molar-refractivity contribution in [3.63, 3.8) is 0 Å². The molecule has 4 N–H and O–H groups in total. The third-order valence-corrected chi connectivity index (χ3v) is 5.60. The lowest BCUT2D eigenvalue weighted by atomic mass is 10.0. The molecule has 0 aromatic heterocycles. The van der Waals surface area contributed by atoms with Crippen LogP contribution >= 0.6 is 28.3 Å². The Hall–Kier alpha value is -0.670. The Morgan fingerprint density at radius 3 is 2.71 bits per heavy atom. The van der Waals surface area contributed by atoms with Crippen LogP contribution in [0.2, 0.25) is 0 Å². The highest BCUT2D eigenvalue weighted by atomic mass is 79.9. The standard InChI is InChI=1S/C12H16BrN3O3S.ClH/c1-7(6-14)16-20(18,19)11-5-10-8(4-9(11)13)2-3-12(17)15-10;/h4-5,7,16H,2-3,6,14H2,1H3,(H,15,17);1H/t7-;/m0./s1. The number of anilines is 1. The predicted molar refractivity (Wildman–Crippen MR) is 87.2 cm³/mol. The van der Waals surface area contributed by atoms with E-state index in [0.717, 1.165) is 5.56 Å². The van der Waals surface area contributed by atoms with Crippen molar-refractivity contribution in [3.8, 4) is 0 Å². The lowest BCUT2D eigenvalue weighted by Crippen LogP contribution is -2.38. The minimum atomic E-state index is -3.68. The normalized spacial score (nSPS) is 15.7. The van der Waals surface area contributed by atoms with E-state index in [2.05, 4.69) is 26.0 Å². The largest absolute Gasteiger partial charge is 0.329 e. The van der Waals surface area contributed by atoms with Gasteiger partial charge in [-0.1, -0.05) is 0 Å². The quantitative estimate of drug-likeness (QED) is 0.713. The lowest BCUT2D eigenvalue weighted by molar-refractivity contribution is -0.116. The van der Waals surface area contributed by atoms with Gasteiger partial charge in [0.25, 0.3) is 0 Å². The second-order valence-corrected chi connectivity index (χ2v) is 7.28. The lowest BCUT2D eigenvalue weighted by Gasteiger charge is -2.20. The highest BCUT2D eigenvalue weighted by Crippen LogP contribution is 2.32. The van der Waals surface area contributed by atoms with E-state index >= 15 is 0 Å². The molecule has 0 bridgehead atoms. The number of hydrogen-bond acceptors (Lipinski definition) is 4. The van der Waals surface area contributed by atoms with Crippen LogP contribution in [0.25, 0.3) is 0 Å². The number of amides is 1. The Bertz CT molecular complexity index is 651. The summed E-state index contributed by atoms with van der Waals surface area (Å²) < 4.78 is 27.5. The van der Waals surface area contributed by atoms with Crippen molar-refractivity contribution in [1.82, 2.24) is 4.72 Å². The first kappa shape index (κ1) is 18.4. The van der Waals surface area contributed by atoms with Gasteiger partial charge in [-0.15, -0.1) is 12.4 Å². The molecule has 1 aliphatic rings. The van der Waals surface area contributed by atoms with Crippen molar-refractivity contribution in [2.45, 2.75) is 30.7 Å². The molecule has 118 valence electrons. The van der Waals surface area contributed by atoms with E-state index in [1.807, 2.05) is 0 Å². The summed E-state index contributed by atoms with van der Waals surface area (Å²) >= 11 is 3.28. The Morgan fingerprint density at radius 2 is 2.10 bits per heavy atom. The Kier molecular flexibility index (Phi) is 6.18. The van der Waals surface area contributed by atoms with E-state index in [9.17, 15) is 13.2 Å². The van der Waals surface area contributed by atoms with Gasteiger partial charge < -0.3 is 11.1 Å². The molecule has 21 heavy (non-hydrogen) atoms. The molecule has 1 aromatic carbocycles. The highest BCUT2D eigenvalue weighted by molar-refractivity contribution is 9.10. The molecule has 0 spiro atoms. The number of carbonyl (C=O) groups is 1. The van der Waals surface area contributed by atoms with Crippen LogP contribution in [0, 0.1) is 0 Å². The summed E-state index contributed by atoms with van der Waals surface area (Å²) in [5, 5.41) is 2.69. The fourth-order valence-corrected chi connectivity index (χ4v) is 4.33. The minimum absolute atomic E-state index is 0.